The van der Waals surface area contributed by atoms with Crippen LogP contribution in [-0.2, 0) is 27.9 Å². The molecule has 0 bridgehead atoms. The summed E-state index contributed by atoms with van der Waals surface area (Å²) in [6.45, 7) is 5.28. The smallest absolute Gasteiger partial charge is 0.457 e. The van der Waals surface area contributed by atoms with Crippen LogP contribution < -0.4 is 0 Å². The van der Waals surface area contributed by atoms with Gasteiger partial charge in [-0.2, -0.15) is 0 Å². The first-order valence-electron chi connectivity index (χ1n) is 22.0. The van der Waals surface area contributed by atoms with Crippen LogP contribution in [0.4, 0.5) is 0 Å². The van der Waals surface area contributed by atoms with Crippen LogP contribution >= 0.6 is 7.82 Å². The number of esters is 1. The van der Waals surface area contributed by atoms with E-state index in [0.29, 0.717) is 17.6 Å². The van der Waals surface area contributed by atoms with Gasteiger partial charge in [-0.05, 0) is 89.9 Å². The third-order valence-corrected chi connectivity index (χ3v) is 9.63. The number of quaternary nitrogens is 1. The predicted molar refractivity (Wildman–Crippen MR) is 242 cm³/mol. The normalized spacial score (nSPS) is 14.7. The van der Waals surface area contributed by atoms with Gasteiger partial charge in [-0.1, -0.05) is 143 Å². The first kappa shape index (κ1) is 54.4. The monoisotopic (exact) mass is 817 g/mol. The number of carbonyl (C=O) groups excluding carboxylic acids is 1. The molecule has 0 saturated carbocycles. The van der Waals surface area contributed by atoms with Crippen molar-refractivity contribution >= 4 is 13.8 Å². The number of nitrogens with zero attached hydrogens (tertiary/aromatic N) is 1. The Morgan fingerprint density at radius 2 is 0.965 bits per heavy atom. The van der Waals surface area contributed by atoms with E-state index in [1.807, 2.05) is 21.1 Å². The van der Waals surface area contributed by atoms with Crippen LogP contribution in [0, 0.1) is 0 Å². The predicted octanol–water partition coefficient (Wildman–Crippen LogP) is 13.0. The fourth-order valence-electron chi connectivity index (χ4n) is 5.30. The molecule has 8 nitrogen and oxygen atoms in total. The Labute approximate surface area is 349 Å². The standard InChI is InChI=1S/C48H82NO7P/c1-6-8-10-12-14-16-18-20-22-24-25-26-27-29-31-33-35-37-39-41-48(50)56-47(46-55-57(51,52)54-44-42-49(3,4)5)45-53-43-40-38-36-34-32-30-28-23-21-19-17-15-13-11-9-7-2/h8-11,14-17,20-23,25-26,29,31,47H,6-7,12-13,18-19,24,27-28,30,32-46H2,1-5H3/p+1/b10-8-,11-9-,16-14-,17-15-,22-20-,23-21-,26-25-,31-29-. The highest BCUT2D eigenvalue weighted by atomic mass is 31.2. The maximum atomic E-state index is 12.7. The lowest BCUT2D eigenvalue weighted by atomic mass is 10.1. The van der Waals surface area contributed by atoms with E-state index in [-0.39, 0.29) is 32.2 Å². The second-order valence-corrected chi connectivity index (χ2v) is 16.8. The van der Waals surface area contributed by atoms with Crippen molar-refractivity contribution in [3.8, 4) is 0 Å². The van der Waals surface area contributed by atoms with Crippen LogP contribution in [-0.4, -0.2) is 75.6 Å². The third kappa shape index (κ3) is 44.4. The Bertz CT molecular complexity index is 1230. The Morgan fingerprint density at radius 3 is 1.44 bits per heavy atom. The van der Waals surface area contributed by atoms with Gasteiger partial charge in [-0.15, -0.1) is 0 Å². The summed E-state index contributed by atoms with van der Waals surface area (Å²) in [5, 5.41) is 0. The summed E-state index contributed by atoms with van der Waals surface area (Å²) in [5.41, 5.74) is 0. The summed E-state index contributed by atoms with van der Waals surface area (Å²) in [6.07, 6.45) is 54.4. The third-order valence-electron chi connectivity index (χ3n) is 8.64. The van der Waals surface area contributed by atoms with Crippen molar-refractivity contribution in [2.75, 3.05) is 54.1 Å². The van der Waals surface area contributed by atoms with E-state index in [2.05, 4.69) is 111 Å². The van der Waals surface area contributed by atoms with Gasteiger partial charge in [-0.25, -0.2) is 4.57 Å². The molecule has 9 heteroatoms. The van der Waals surface area contributed by atoms with E-state index in [9.17, 15) is 14.3 Å². The van der Waals surface area contributed by atoms with Crippen molar-refractivity contribution in [3.63, 3.8) is 0 Å². The average molecular weight is 817 g/mol. The summed E-state index contributed by atoms with van der Waals surface area (Å²) in [4.78, 5) is 22.9. The summed E-state index contributed by atoms with van der Waals surface area (Å²) in [7, 11) is 1.62. The highest BCUT2D eigenvalue weighted by Gasteiger charge is 2.26. The van der Waals surface area contributed by atoms with E-state index in [1.54, 1.807) is 0 Å². The van der Waals surface area contributed by atoms with Crippen molar-refractivity contribution in [3.05, 3.63) is 97.2 Å². The largest absolute Gasteiger partial charge is 0.472 e. The zero-order valence-electron chi connectivity index (χ0n) is 36.8. The van der Waals surface area contributed by atoms with Gasteiger partial charge in [-0.3, -0.25) is 13.8 Å². The first-order valence-corrected chi connectivity index (χ1v) is 23.5. The number of ether oxygens (including phenoxy) is 2. The van der Waals surface area contributed by atoms with Crippen molar-refractivity contribution in [1.82, 2.24) is 0 Å². The molecular formula is C48H83NO7P+. The summed E-state index contributed by atoms with van der Waals surface area (Å²) in [5.74, 6) is -0.355. The lowest BCUT2D eigenvalue weighted by Gasteiger charge is -2.24. The minimum atomic E-state index is -4.30. The lowest BCUT2D eigenvalue weighted by Crippen LogP contribution is -2.37. The zero-order valence-corrected chi connectivity index (χ0v) is 37.7. The maximum absolute atomic E-state index is 12.7. The number of rotatable bonds is 39. The van der Waals surface area contributed by atoms with Crippen molar-refractivity contribution in [1.29, 1.82) is 0 Å². The number of allylic oxidation sites excluding steroid dienone is 16. The second-order valence-electron chi connectivity index (χ2n) is 15.3. The summed E-state index contributed by atoms with van der Waals surface area (Å²) >= 11 is 0. The molecule has 0 aliphatic rings. The Hall–Kier alpha value is -2.58. The van der Waals surface area contributed by atoms with Crippen molar-refractivity contribution < 1.29 is 37.3 Å². The molecule has 326 valence electrons. The second kappa shape index (κ2) is 40.2. The number of unbranched alkanes of at least 4 members (excludes halogenated alkanes) is 9. The fourth-order valence-corrected chi connectivity index (χ4v) is 6.04. The molecule has 0 aromatic carbocycles. The van der Waals surface area contributed by atoms with E-state index < -0.39 is 13.9 Å². The van der Waals surface area contributed by atoms with E-state index in [0.717, 1.165) is 103 Å². The van der Waals surface area contributed by atoms with E-state index >= 15 is 0 Å². The van der Waals surface area contributed by atoms with Gasteiger partial charge < -0.3 is 18.9 Å². The van der Waals surface area contributed by atoms with Gasteiger partial charge in [0.1, 0.15) is 19.3 Å². The van der Waals surface area contributed by atoms with Gasteiger partial charge in [0.15, 0.2) is 0 Å². The minimum absolute atomic E-state index is 0.0730. The van der Waals surface area contributed by atoms with Crippen LogP contribution in [0.25, 0.3) is 0 Å². The number of carbonyl (C=O) groups is 1. The number of phosphoric ester groups is 1. The molecule has 0 saturated heterocycles. The van der Waals surface area contributed by atoms with Gasteiger partial charge in [0.05, 0.1) is 34.4 Å². The van der Waals surface area contributed by atoms with E-state index in [1.165, 1.54) is 19.3 Å². The molecule has 0 aromatic heterocycles. The molecule has 0 heterocycles. The molecule has 1 N–H and O–H groups in total. The quantitative estimate of drug-likeness (QED) is 0.0217. The van der Waals surface area contributed by atoms with Crippen LogP contribution in [0.2, 0.25) is 0 Å². The molecule has 0 aliphatic heterocycles. The number of hydrogen-bond donors (Lipinski definition) is 1. The van der Waals surface area contributed by atoms with Crippen LogP contribution in [0.15, 0.2) is 97.2 Å². The highest BCUT2D eigenvalue weighted by molar-refractivity contribution is 7.47. The van der Waals surface area contributed by atoms with Gasteiger partial charge in [0.2, 0.25) is 0 Å². The van der Waals surface area contributed by atoms with Crippen molar-refractivity contribution in [2.24, 2.45) is 0 Å². The number of likely N-dealkylation sites (N-methyl/N-ethyl adjacent to an activating group) is 1. The SMILES string of the molecule is CC/C=C\C/C=C\C/C=C\C/C=C\C/C=C\CCCCCC(=O)OC(COCCCCCCCC/C=C\C/C=C\C/C=C\CC)COP(=O)(O)OCC[N+](C)(C)C. The molecule has 0 spiro atoms. The molecule has 2 unspecified atom stereocenters. The highest BCUT2D eigenvalue weighted by Crippen LogP contribution is 2.43. The Balaban J connectivity index is 4.36. The molecule has 0 fully saturated rings. The first-order chi connectivity index (χ1) is 27.6. The molecule has 0 aliphatic carbocycles. The Morgan fingerprint density at radius 1 is 0.544 bits per heavy atom. The number of hydrogen-bond acceptors (Lipinski definition) is 6. The van der Waals surface area contributed by atoms with Gasteiger partial charge in [0.25, 0.3) is 0 Å². The summed E-state index contributed by atoms with van der Waals surface area (Å²) < 4.78 is 34.9. The molecular weight excluding hydrogens is 734 g/mol. The molecule has 0 aromatic rings. The van der Waals surface area contributed by atoms with Crippen LogP contribution in [0.5, 0.6) is 0 Å². The van der Waals surface area contributed by atoms with Crippen molar-refractivity contribution in [2.45, 2.75) is 148 Å². The van der Waals surface area contributed by atoms with Gasteiger partial charge >= 0.3 is 13.8 Å². The fraction of sp³-hybridized carbons (Fsp3) is 0.646. The molecule has 0 radical (unpaired) electrons. The minimum Gasteiger partial charge on any atom is -0.457 e. The zero-order chi connectivity index (χ0) is 42.0. The maximum Gasteiger partial charge on any atom is 0.472 e. The topological polar surface area (TPSA) is 91.3 Å². The summed E-state index contributed by atoms with van der Waals surface area (Å²) in [6, 6.07) is 0. The number of phosphoric acid groups is 1. The molecule has 0 rings (SSSR count). The lowest BCUT2D eigenvalue weighted by molar-refractivity contribution is -0.870. The molecule has 57 heavy (non-hydrogen) atoms. The van der Waals surface area contributed by atoms with Gasteiger partial charge in [0, 0.05) is 13.0 Å². The molecule has 2 atom stereocenters. The van der Waals surface area contributed by atoms with Crippen LogP contribution in [0.1, 0.15) is 142 Å². The van der Waals surface area contributed by atoms with E-state index in [4.69, 9.17) is 18.5 Å². The molecule has 0 amide bonds. The average Bonchev–Trinajstić information content (AvgIpc) is 3.16. The Kier molecular flexibility index (Phi) is 38.4. The van der Waals surface area contributed by atoms with Crippen LogP contribution in [0.3, 0.4) is 0 Å².